The molecule has 1 aliphatic carbocycles. The maximum atomic E-state index is 12.1. The Bertz CT molecular complexity index is 684. The Balaban J connectivity index is 1.73. The zero-order valence-corrected chi connectivity index (χ0v) is 18.1. The lowest BCUT2D eigenvalue weighted by Gasteiger charge is -2.22. The number of amides is 1. The van der Waals surface area contributed by atoms with Crippen LogP contribution in [0.3, 0.4) is 0 Å². The summed E-state index contributed by atoms with van der Waals surface area (Å²) in [6.45, 7) is 3.07. The molecular formula is C20H32N2O3S2. The highest BCUT2D eigenvalue weighted by Crippen LogP contribution is 2.28. The van der Waals surface area contributed by atoms with Crippen molar-refractivity contribution in [1.82, 2.24) is 5.32 Å². The molecule has 152 valence electrons. The van der Waals surface area contributed by atoms with Crippen LogP contribution in [0.1, 0.15) is 51.0 Å². The molecular weight excluding hydrogens is 380 g/mol. The van der Waals surface area contributed by atoms with Gasteiger partial charge in [-0.2, -0.15) is 11.8 Å². The van der Waals surface area contributed by atoms with Crippen LogP contribution < -0.4 is 9.62 Å². The van der Waals surface area contributed by atoms with Gasteiger partial charge in [-0.25, -0.2) is 8.42 Å². The Morgan fingerprint density at radius 2 is 1.89 bits per heavy atom. The van der Waals surface area contributed by atoms with E-state index in [-0.39, 0.29) is 5.91 Å². The van der Waals surface area contributed by atoms with Crippen molar-refractivity contribution in [2.45, 2.75) is 57.1 Å². The first-order valence-electron chi connectivity index (χ1n) is 9.85. The summed E-state index contributed by atoms with van der Waals surface area (Å²) in [4.78, 5) is 12.0. The Morgan fingerprint density at radius 1 is 1.22 bits per heavy atom. The summed E-state index contributed by atoms with van der Waals surface area (Å²) in [6, 6.07) is 7.56. The van der Waals surface area contributed by atoms with Gasteiger partial charge in [0.15, 0.2) is 0 Å². The molecule has 1 aliphatic rings. The molecule has 1 saturated carbocycles. The highest BCUT2D eigenvalue weighted by atomic mass is 32.2. The summed E-state index contributed by atoms with van der Waals surface area (Å²) in [5.74, 6) is 0.951. The summed E-state index contributed by atoms with van der Waals surface area (Å²) >= 11 is 1.96. The molecule has 0 bridgehead atoms. The van der Waals surface area contributed by atoms with Gasteiger partial charge < -0.3 is 5.32 Å². The van der Waals surface area contributed by atoms with Crippen LogP contribution >= 0.6 is 11.8 Å². The van der Waals surface area contributed by atoms with Crippen LogP contribution in [0.5, 0.6) is 0 Å². The van der Waals surface area contributed by atoms with Crippen molar-refractivity contribution in [2.24, 2.45) is 0 Å². The molecule has 0 spiro atoms. The predicted molar refractivity (Wildman–Crippen MR) is 115 cm³/mol. The number of carbonyl (C=O) groups excluding carboxylic acids is 1. The maximum absolute atomic E-state index is 12.1. The Kier molecular flexibility index (Phi) is 8.96. The fourth-order valence-corrected chi connectivity index (χ4v) is 5.51. The quantitative estimate of drug-likeness (QED) is 0.564. The van der Waals surface area contributed by atoms with E-state index in [1.165, 1.54) is 41.8 Å². The van der Waals surface area contributed by atoms with E-state index in [0.29, 0.717) is 31.6 Å². The number of hydrogen-bond donors (Lipinski definition) is 1. The highest BCUT2D eigenvalue weighted by molar-refractivity contribution is 7.99. The van der Waals surface area contributed by atoms with Gasteiger partial charge in [-0.15, -0.1) is 0 Å². The number of benzene rings is 1. The zero-order valence-electron chi connectivity index (χ0n) is 16.4. The molecule has 0 atom stereocenters. The van der Waals surface area contributed by atoms with Crippen LogP contribution in [0.25, 0.3) is 0 Å². The van der Waals surface area contributed by atoms with Gasteiger partial charge in [-0.1, -0.05) is 31.9 Å². The van der Waals surface area contributed by atoms with Crippen LogP contribution in [0, 0.1) is 0 Å². The van der Waals surface area contributed by atoms with Crippen molar-refractivity contribution in [2.75, 3.05) is 29.4 Å². The minimum absolute atomic E-state index is 0.00296. The molecule has 5 nitrogen and oxygen atoms in total. The topological polar surface area (TPSA) is 66.5 Å². The van der Waals surface area contributed by atoms with Crippen molar-refractivity contribution < 1.29 is 13.2 Å². The highest BCUT2D eigenvalue weighted by Gasteiger charge is 2.18. The van der Waals surface area contributed by atoms with Crippen LogP contribution in [0.2, 0.25) is 0 Å². The third-order valence-corrected chi connectivity index (χ3v) is 7.45. The van der Waals surface area contributed by atoms with Gasteiger partial charge in [0.05, 0.1) is 11.9 Å². The van der Waals surface area contributed by atoms with Gasteiger partial charge in [0, 0.05) is 30.5 Å². The molecule has 0 aromatic heterocycles. The van der Waals surface area contributed by atoms with Crippen LogP contribution in [-0.2, 0) is 21.2 Å². The average Bonchev–Trinajstić information content (AvgIpc) is 3.15. The van der Waals surface area contributed by atoms with E-state index in [4.69, 9.17) is 0 Å². The molecule has 1 N–H and O–H groups in total. The van der Waals surface area contributed by atoms with Crippen molar-refractivity contribution in [3.63, 3.8) is 0 Å². The number of nitrogens with one attached hydrogen (secondary N) is 1. The third-order valence-electron chi connectivity index (χ3n) is 4.88. The molecule has 2 rings (SSSR count). The molecule has 0 heterocycles. The standard InChI is InChI=1S/C20H32N2O3S2/c1-3-17-10-12-18(13-11-17)22(27(2,24)25)15-6-9-20(23)21-14-16-26-19-7-4-5-8-19/h10-13,19H,3-9,14-16H2,1-2H3,(H,21,23). The number of thioether (sulfide) groups is 1. The molecule has 7 heteroatoms. The number of aryl methyl sites for hydroxylation is 1. The SMILES string of the molecule is CCc1ccc(N(CCCC(=O)NCCSC2CCCC2)S(C)(=O)=O)cc1. The number of sulfonamides is 1. The summed E-state index contributed by atoms with van der Waals surface area (Å²) in [5, 5.41) is 3.71. The Morgan fingerprint density at radius 3 is 2.48 bits per heavy atom. The van der Waals surface area contributed by atoms with E-state index in [1.54, 1.807) is 0 Å². The zero-order chi connectivity index (χ0) is 19.7. The van der Waals surface area contributed by atoms with E-state index in [9.17, 15) is 13.2 Å². The van der Waals surface area contributed by atoms with Crippen molar-refractivity contribution in [3.8, 4) is 0 Å². The largest absolute Gasteiger partial charge is 0.355 e. The number of nitrogens with zero attached hydrogens (tertiary/aromatic N) is 1. The molecule has 0 unspecified atom stereocenters. The van der Waals surface area contributed by atoms with Crippen LogP contribution in [0.15, 0.2) is 24.3 Å². The molecule has 0 aliphatic heterocycles. The molecule has 27 heavy (non-hydrogen) atoms. The predicted octanol–water partition coefficient (Wildman–Crippen LogP) is 3.59. The fraction of sp³-hybridized carbons (Fsp3) is 0.650. The minimum Gasteiger partial charge on any atom is -0.355 e. The lowest BCUT2D eigenvalue weighted by Crippen LogP contribution is -2.32. The molecule has 0 saturated heterocycles. The second-order valence-corrected chi connectivity index (χ2v) is 10.4. The summed E-state index contributed by atoms with van der Waals surface area (Å²) in [5.41, 5.74) is 1.82. The maximum Gasteiger partial charge on any atom is 0.232 e. The third kappa shape index (κ3) is 7.74. The first-order valence-corrected chi connectivity index (χ1v) is 12.7. The van der Waals surface area contributed by atoms with Crippen molar-refractivity contribution >= 4 is 33.4 Å². The molecule has 1 aromatic carbocycles. The summed E-state index contributed by atoms with van der Waals surface area (Å²) < 4.78 is 25.6. The Labute approximate surface area is 168 Å². The van der Waals surface area contributed by atoms with Gasteiger partial charge in [0.25, 0.3) is 0 Å². The molecule has 1 amide bonds. The molecule has 1 aromatic rings. The van der Waals surface area contributed by atoms with Crippen molar-refractivity contribution in [1.29, 1.82) is 0 Å². The second-order valence-electron chi connectivity index (χ2n) is 7.09. The number of hydrogen-bond acceptors (Lipinski definition) is 4. The average molecular weight is 413 g/mol. The van der Waals surface area contributed by atoms with E-state index in [0.717, 1.165) is 17.4 Å². The fourth-order valence-electron chi connectivity index (χ4n) is 3.33. The minimum atomic E-state index is -3.37. The molecule has 0 radical (unpaired) electrons. The van der Waals surface area contributed by atoms with E-state index in [1.807, 2.05) is 36.0 Å². The van der Waals surface area contributed by atoms with E-state index < -0.39 is 10.0 Å². The molecule has 1 fully saturated rings. The van der Waals surface area contributed by atoms with Gasteiger partial charge in [0.1, 0.15) is 0 Å². The van der Waals surface area contributed by atoms with E-state index in [2.05, 4.69) is 12.2 Å². The monoisotopic (exact) mass is 412 g/mol. The van der Waals surface area contributed by atoms with Gasteiger partial charge in [0.2, 0.25) is 15.9 Å². The van der Waals surface area contributed by atoms with Crippen molar-refractivity contribution in [3.05, 3.63) is 29.8 Å². The van der Waals surface area contributed by atoms with E-state index >= 15 is 0 Å². The van der Waals surface area contributed by atoms with Gasteiger partial charge >= 0.3 is 0 Å². The van der Waals surface area contributed by atoms with Crippen LogP contribution in [-0.4, -0.2) is 44.7 Å². The summed E-state index contributed by atoms with van der Waals surface area (Å²) in [7, 11) is -3.37. The summed E-state index contributed by atoms with van der Waals surface area (Å²) in [6.07, 6.45) is 8.25. The van der Waals surface area contributed by atoms with Crippen LogP contribution in [0.4, 0.5) is 5.69 Å². The number of rotatable bonds is 11. The lowest BCUT2D eigenvalue weighted by molar-refractivity contribution is -0.121. The second kappa shape index (κ2) is 11.0. The van der Waals surface area contributed by atoms with Gasteiger partial charge in [-0.3, -0.25) is 9.10 Å². The lowest BCUT2D eigenvalue weighted by atomic mass is 10.1. The number of carbonyl (C=O) groups is 1. The first kappa shape index (κ1) is 22.1. The number of anilines is 1. The normalized spacial score (nSPS) is 15.0. The van der Waals surface area contributed by atoms with Gasteiger partial charge in [-0.05, 0) is 43.4 Å². The first-order chi connectivity index (χ1) is 12.9. The Hall–Kier alpha value is -1.21. The smallest absolute Gasteiger partial charge is 0.232 e.